The Kier molecular flexibility index (Phi) is 6.43. The van der Waals surface area contributed by atoms with E-state index in [1.165, 1.54) is 24.8 Å². The van der Waals surface area contributed by atoms with Crippen LogP contribution >= 0.6 is 0 Å². The molecule has 0 N–H and O–H groups in total. The van der Waals surface area contributed by atoms with Crippen molar-refractivity contribution in [3.63, 3.8) is 0 Å². The molecule has 4 aliphatic rings. The van der Waals surface area contributed by atoms with Crippen LogP contribution in [0.25, 0.3) is 0 Å². The Balaban J connectivity index is 1.28. The highest BCUT2D eigenvalue weighted by Crippen LogP contribution is 2.28. The average Bonchev–Trinajstić information content (AvgIpc) is 3.01. The third-order valence-corrected chi connectivity index (χ3v) is 6.35. The molecule has 2 atom stereocenters. The van der Waals surface area contributed by atoms with Crippen LogP contribution in [0.2, 0.25) is 0 Å². The first-order chi connectivity index (χ1) is 13.3. The van der Waals surface area contributed by atoms with Gasteiger partial charge < -0.3 is 14.5 Å². The van der Waals surface area contributed by atoms with Gasteiger partial charge in [-0.1, -0.05) is 30.3 Å². The van der Waals surface area contributed by atoms with Crippen LogP contribution in [0.5, 0.6) is 0 Å². The zero-order valence-corrected chi connectivity index (χ0v) is 16.4. The summed E-state index contributed by atoms with van der Waals surface area (Å²) in [5.41, 5.74) is 1.43. The van der Waals surface area contributed by atoms with Crippen LogP contribution in [-0.4, -0.2) is 85.7 Å². The number of carbonyl (C=O) groups is 1. The summed E-state index contributed by atoms with van der Waals surface area (Å²) in [5.74, 6) is 0.979. The van der Waals surface area contributed by atoms with Gasteiger partial charge in [0.1, 0.15) is 0 Å². The zero-order valence-electron chi connectivity index (χ0n) is 16.4. The van der Waals surface area contributed by atoms with Gasteiger partial charge in [-0.05, 0) is 43.7 Å². The number of nitrogens with zero attached hydrogens (tertiary/aromatic N) is 3. The van der Waals surface area contributed by atoms with Gasteiger partial charge in [-0.2, -0.15) is 0 Å². The van der Waals surface area contributed by atoms with E-state index < -0.39 is 0 Å². The fourth-order valence-electron chi connectivity index (χ4n) is 4.86. The molecule has 4 fully saturated rings. The minimum atomic E-state index is 0.331. The largest absolute Gasteiger partial charge is 0.379 e. The van der Waals surface area contributed by atoms with Gasteiger partial charge in [0.05, 0.1) is 19.8 Å². The molecule has 5 nitrogen and oxygen atoms in total. The molecule has 4 heterocycles. The Hall–Kier alpha value is -1.43. The van der Waals surface area contributed by atoms with Crippen LogP contribution in [0, 0.1) is 5.92 Å². The lowest BCUT2D eigenvalue weighted by atomic mass is 9.95. The number of hydrogen-bond donors (Lipinski definition) is 0. The molecule has 5 heteroatoms. The first kappa shape index (κ1) is 18.9. The summed E-state index contributed by atoms with van der Waals surface area (Å²) < 4.78 is 5.41. The lowest BCUT2D eigenvalue weighted by Gasteiger charge is -2.38. The van der Waals surface area contributed by atoms with Gasteiger partial charge in [0, 0.05) is 38.8 Å². The van der Waals surface area contributed by atoms with E-state index in [-0.39, 0.29) is 0 Å². The number of benzene rings is 1. The summed E-state index contributed by atoms with van der Waals surface area (Å²) >= 11 is 0. The molecule has 0 unspecified atom stereocenters. The maximum atomic E-state index is 12.9. The quantitative estimate of drug-likeness (QED) is 0.765. The predicted octanol–water partition coefficient (Wildman–Crippen LogP) is 1.87. The maximum absolute atomic E-state index is 12.9. The van der Waals surface area contributed by atoms with Gasteiger partial charge in [0.15, 0.2) is 0 Å². The molecule has 2 bridgehead atoms. The van der Waals surface area contributed by atoms with Crippen LogP contribution in [0.4, 0.5) is 0 Å². The number of ether oxygens (including phenoxy) is 1. The van der Waals surface area contributed by atoms with Crippen LogP contribution in [0.3, 0.4) is 0 Å². The van der Waals surface area contributed by atoms with Crippen molar-refractivity contribution in [2.24, 2.45) is 5.92 Å². The zero-order chi connectivity index (χ0) is 18.5. The normalized spacial score (nSPS) is 26.9. The first-order valence-electron chi connectivity index (χ1n) is 10.6. The highest BCUT2D eigenvalue weighted by molar-refractivity contribution is 5.78. The van der Waals surface area contributed by atoms with Crippen molar-refractivity contribution in [2.45, 2.75) is 31.7 Å². The van der Waals surface area contributed by atoms with E-state index in [1.807, 2.05) is 0 Å². The first-order valence-corrected chi connectivity index (χ1v) is 10.6. The second-order valence-corrected chi connectivity index (χ2v) is 8.38. The minimum absolute atomic E-state index is 0.331. The SMILES string of the molecule is O=C(CN1CCOCC1)N1C[C@@H]2CC[C@H]1CN(CCCc1ccccc1)C2. The Morgan fingerprint density at radius 3 is 2.63 bits per heavy atom. The minimum Gasteiger partial charge on any atom is -0.379 e. The van der Waals surface area contributed by atoms with Gasteiger partial charge in [0.25, 0.3) is 0 Å². The van der Waals surface area contributed by atoms with E-state index in [1.54, 1.807) is 0 Å². The molecule has 1 aromatic rings. The number of aryl methyl sites for hydroxylation is 1. The van der Waals surface area contributed by atoms with Crippen molar-refractivity contribution in [1.29, 1.82) is 0 Å². The number of piperidine rings is 1. The van der Waals surface area contributed by atoms with Gasteiger partial charge in [-0.25, -0.2) is 0 Å². The van der Waals surface area contributed by atoms with E-state index in [0.29, 0.717) is 24.4 Å². The number of hydrogen-bond acceptors (Lipinski definition) is 4. The summed E-state index contributed by atoms with van der Waals surface area (Å²) in [7, 11) is 0. The molecule has 1 amide bonds. The Bertz CT molecular complexity index is 603. The molecule has 4 aliphatic heterocycles. The lowest BCUT2D eigenvalue weighted by molar-refractivity contribution is -0.137. The third-order valence-electron chi connectivity index (χ3n) is 6.35. The van der Waals surface area contributed by atoms with Gasteiger partial charge in [-0.15, -0.1) is 0 Å². The molecule has 5 rings (SSSR count). The number of amides is 1. The molecule has 148 valence electrons. The van der Waals surface area contributed by atoms with Crippen molar-refractivity contribution >= 4 is 5.91 Å². The van der Waals surface area contributed by atoms with Crippen LogP contribution in [0.15, 0.2) is 30.3 Å². The smallest absolute Gasteiger partial charge is 0.237 e. The predicted molar refractivity (Wildman–Crippen MR) is 107 cm³/mol. The number of rotatable bonds is 6. The fourth-order valence-corrected chi connectivity index (χ4v) is 4.86. The highest BCUT2D eigenvalue weighted by Gasteiger charge is 2.37. The third kappa shape index (κ3) is 5.09. The topological polar surface area (TPSA) is 36.0 Å². The molecular weight excluding hydrogens is 338 g/mol. The van der Waals surface area contributed by atoms with Crippen LogP contribution in [0.1, 0.15) is 24.8 Å². The molecule has 0 spiro atoms. The number of morpholine rings is 1. The van der Waals surface area contributed by atoms with Gasteiger partial charge in [-0.3, -0.25) is 9.69 Å². The van der Waals surface area contributed by atoms with E-state index >= 15 is 0 Å². The van der Waals surface area contributed by atoms with Crippen molar-refractivity contribution in [2.75, 3.05) is 59.0 Å². The molecule has 0 saturated carbocycles. The van der Waals surface area contributed by atoms with E-state index in [4.69, 9.17) is 4.74 Å². The maximum Gasteiger partial charge on any atom is 0.237 e. The van der Waals surface area contributed by atoms with Crippen molar-refractivity contribution in [3.8, 4) is 0 Å². The van der Waals surface area contributed by atoms with E-state index in [0.717, 1.165) is 58.9 Å². The molecule has 1 aromatic carbocycles. The lowest BCUT2D eigenvalue weighted by Crippen LogP contribution is -2.52. The molecule has 27 heavy (non-hydrogen) atoms. The summed E-state index contributed by atoms with van der Waals surface area (Å²) in [4.78, 5) is 20.0. The highest BCUT2D eigenvalue weighted by atomic mass is 16.5. The molecule has 0 aliphatic carbocycles. The number of fused-ring (bicyclic) bond motifs is 4. The summed E-state index contributed by atoms with van der Waals surface area (Å²) in [5, 5.41) is 0. The molecular formula is C22H33N3O2. The van der Waals surface area contributed by atoms with Gasteiger partial charge >= 0.3 is 0 Å². The van der Waals surface area contributed by atoms with Gasteiger partial charge in [0.2, 0.25) is 5.91 Å². The van der Waals surface area contributed by atoms with Crippen molar-refractivity contribution < 1.29 is 9.53 Å². The number of carbonyl (C=O) groups excluding carboxylic acids is 1. The molecule has 4 saturated heterocycles. The molecule has 0 radical (unpaired) electrons. The standard InChI is InChI=1S/C22H33N3O2/c26-22(18-23-11-13-27-14-12-23)25-16-20-8-9-21(25)17-24(15-20)10-4-7-19-5-2-1-3-6-19/h1-3,5-6,20-21H,4,7-18H2/t20-,21+/m1/s1. The second kappa shape index (κ2) is 9.18. The van der Waals surface area contributed by atoms with Crippen molar-refractivity contribution in [1.82, 2.24) is 14.7 Å². The summed E-state index contributed by atoms with van der Waals surface area (Å²) in [6.07, 6.45) is 4.80. The Labute approximate surface area is 163 Å². The van der Waals surface area contributed by atoms with E-state index in [9.17, 15) is 4.79 Å². The van der Waals surface area contributed by atoms with Crippen molar-refractivity contribution in [3.05, 3.63) is 35.9 Å². The average molecular weight is 372 g/mol. The molecule has 0 aromatic heterocycles. The summed E-state index contributed by atoms with van der Waals surface area (Å²) in [6, 6.07) is 11.2. The Morgan fingerprint density at radius 1 is 1.00 bits per heavy atom. The monoisotopic (exact) mass is 371 g/mol. The van der Waals surface area contributed by atoms with Crippen LogP contribution in [-0.2, 0) is 16.0 Å². The van der Waals surface area contributed by atoms with E-state index in [2.05, 4.69) is 45.0 Å². The second-order valence-electron chi connectivity index (χ2n) is 8.38. The van der Waals surface area contributed by atoms with Crippen LogP contribution < -0.4 is 0 Å². The fraction of sp³-hybridized carbons (Fsp3) is 0.682. The summed E-state index contributed by atoms with van der Waals surface area (Å²) in [6.45, 7) is 8.19. The Morgan fingerprint density at radius 2 is 1.81 bits per heavy atom.